The quantitative estimate of drug-likeness (QED) is 0.712. The Kier molecular flexibility index (Phi) is 6.51. The number of sulfonamides is 1. The van der Waals surface area contributed by atoms with Gasteiger partial charge in [0, 0.05) is 13.6 Å². The van der Waals surface area contributed by atoms with Crippen molar-refractivity contribution in [1.82, 2.24) is 9.62 Å². The maximum absolute atomic E-state index is 11.8. The summed E-state index contributed by atoms with van der Waals surface area (Å²) in [6.07, 6.45) is 0. The molecule has 0 aliphatic heterocycles. The van der Waals surface area contributed by atoms with Gasteiger partial charge in [-0.25, -0.2) is 8.42 Å². The SMILES string of the molecule is CCS(=O)(=O)N(C)CC(=O)NCC(C(=O)O)c1ccccc1. The number of hydrogen-bond donors (Lipinski definition) is 2. The molecule has 0 saturated heterocycles. The van der Waals surface area contributed by atoms with Crippen LogP contribution in [0.4, 0.5) is 0 Å². The average Bonchev–Trinajstić information content (AvgIpc) is 2.48. The van der Waals surface area contributed by atoms with Gasteiger partial charge in [-0.05, 0) is 12.5 Å². The Morgan fingerprint density at radius 1 is 1.27 bits per heavy atom. The molecule has 7 nitrogen and oxygen atoms in total. The molecule has 0 fully saturated rings. The van der Waals surface area contributed by atoms with Crippen molar-refractivity contribution >= 4 is 21.9 Å². The second-order valence-electron chi connectivity index (χ2n) is 4.76. The Bertz CT molecular complexity index is 615. The van der Waals surface area contributed by atoms with Crippen LogP contribution in [0.1, 0.15) is 18.4 Å². The maximum Gasteiger partial charge on any atom is 0.312 e. The summed E-state index contributed by atoms with van der Waals surface area (Å²) < 4.78 is 24.1. The van der Waals surface area contributed by atoms with E-state index >= 15 is 0 Å². The van der Waals surface area contributed by atoms with Gasteiger partial charge in [-0.3, -0.25) is 9.59 Å². The van der Waals surface area contributed by atoms with Gasteiger partial charge in [-0.2, -0.15) is 4.31 Å². The predicted molar refractivity (Wildman–Crippen MR) is 81.9 cm³/mol. The first-order valence-corrected chi connectivity index (χ1v) is 8.37. The van der Waals surface area contributed by atoms with Crippen LogP contribution in [0.3, 0.4) is 0 Å². The topological polar surface area (TPSA) is 104 Å². The van der Waals surface area contributed by atoms with E-state index in [2.05, 4.69) is 5.32 Å². The minimum atomic E-state index is -3.44. The van der Waals surface area contributed by atoms with Crippen LogP contribution in [0.15, 0.2) is 30.3 Å². The summed E-state index contributed by atoms with van der Waals surface area (Å²) in [4.78, 5) is 23.0. The molecule has 0 heterocycles. The first-order valence-electron chi connectivity index (χ1n) is 6.76. The zero-order chi connectivity index (χ0) is 16.8. The van der Waals surface area contributed by atoms with Crippen LogP contribution in [0.25, 0.3) is 0 Å². The van der Waals surface area contributed by atoms with Crippen molar-refractivity contribution < 1.29 is 23.1 Å². The van der Waals surface area contributed by atoms with E-state index in [1.165, 1.54) is 14.0 Å². The Morgan fingerprint density at radius 2 is 1.86 bits per heavy atom. The number of carboxylic acid groups (broad SMARTS) is 1. The lowest BCUT2D eigenvalue weighted by Crippen LogP contribution is -2.41. The summed E-state index contributed by atoms with van der Waals surface area (Å²) in [6.45, 7) is 1.05. The second kappa shape index (κ2) is 7.90. The van der Waals surface area contributed by atoms with Gasteiger partial charge in [0.05, 0.1) is 18.2 Å². The Morgan fingerprint density at radius 3 is 2.36 bits per heavy atom. The summed E-state index contributed by atoms with van der Waals surface area (Å²) in [5.74, 6) is -2.57. The summed E-state index contributed by atoms with van der Waals surface area (Å²) in [5.41, 5.74) is 0.574. The molecule has 0 aliphatic rings. The van der Waals surface area contributed by atoms with Crippen LogP contribution in [0, 0.1) is 0 Å². The molecule has 22 heavy (non-hydrogen) atoms. The third-order valence-electron chi connectivity index (χ3n) is 3.21. The van der Waals surface area contributed by atoms with Crippen molar-refractivity contribution in [2.24, 2.45) is 0 Å². The summed E-state index contributed by atoms with van der Waals surface area (Å²) in [5, 5.41) is 11.7. The fourth-order valence-corrected chi connectivity index (χ4v) is 2.58. The molecule has 1 aromatic rings. The number of nitrogens with zero attached hydrogens (tertiary/aromatic N) is 1. The molecule has 8 heteroatoms. The van der Waals surface area contributed by atoms with Crippen LogP contribution < -0.4 is 5.32 Å². The van der Waals surface area contributed by atoms with Crippen molar-refractivity contribution in [1.29, 1.82) is 0 Å². The van der Waals surface area contributed by atoms with Crippen molar-refractivity contribution in [3.8, 4) is 0 Å². The minimum Gasteiger partial charge on any atom is -0.481 e. The number of benzene rings is 1. The normalized spacial score (nSPS) is 12.9. The molecular formula is C14H20N2O5S. The van der Waals surface area contributed by atoms with Crippen molar-refractivity contribution in [3.63, 3.8) is 0 Å². The first-order chi connectivity index (χ1) is 10.3. The lowest BCUT2D eigenvalue weighted by molar-refractivity contribution is -0.138. The summed E-state index contributed by atoms with van der Waals surface area (Å²) >= 11 is 0. The number of carbonyl (C=O) groups is 2. The molecular weight excluding hydrogens is 308 g/mol. The van der Waals surface area contributed by atoms with Crippen LogP contribution in [-0.2, 0) is 19.6 Å². The fraction of sp³-hybridized carbons (Fsp3) is 0.429. The number of hydrogen-bond acceptors (Lipinski definition) is 4. The highest BCUT2D eigenvalue weighted by Gasteiger charge is 2.22. The molecule has 122 valence electrons. The number of carboxylic acids is 1. The highest BCUT2D eigenvalue weighted by Crippen LogP contribution is 2.14. The van der Waals surface area contributed by atoms with Gasteiger partial charge < -0.3 is 10.4 Å². The van der Waals surface area contributed by atoms with Crippen molar-refractivity contribution in [3.05, 3.63) is 35.9 Å². The van der Waals surface area contributed by atoms with E-state index in [1.54, 1.807) is 30.3 Å². The van der Waals surface area contributed by atoms with E-state index in [0.29, 0.717) is 5.56 Å². The van der Waals surface area contributed by atoms with Crippen molar-refractivity contribution in [2.45, 2.75) is 12.8 Å². The standard InChI is InChI=1S/C14H20N2O5S/c1-3-22(20,21)16(2)10-13(17)15-9-12(14(18)19)11-7-5-4-6-8-11/h4-8,12H,3,9-10H2,1-2H3,(H,15,17)(H,18,19). The van der Waals surface area contributed by atoms with E-state index < -0.39 is 27.8 Å². The summed E-state index contributed by atoms with van der Waals surface area (Å²) in [6, 6.07) is 8.53. The molecule has 0 radical (unpaired) electrons. The third kappa shape index (κ3) is 5.12. The Labute approximate surface area is 130 Å². The molecule has 0 saturated carbocycles. The Balaban J connectivity index is 2.63. The van der Waals surface area contributed by atoms with Crippen LogP contribution in [-0.4, -0.2) is 55.6 Å². The highest BCUT2D eigenvalue weighted by atomic mass is 32.2. The molecule has 1 atom stereocenters. The van der Waals surface area contributed by atoms with E-state index in [0.717, 1.165) is 4.31 Å². The zero-order valence-electron chi connectivity index (χ0n) is 12.5. The number of aliphatic carboxylic acids is 1. The van der Waals surface area contributed by atoms with E-state index in [1.807, 2.05) is 0 Å². The smallest absolute Gasteiger partial charge is 0.312 e. The molecule has 1 amide bonds. The van der Waals surface area contributed by atoms with Gasteiger partial charge in [-0.1, -0.05) is 30.3 Å². The molecule has 0 spiro atoms. The van der Waals surface area contributed by atoms with Gasteiger partial charge in [0.2, 0.25) is 15.9 Å². The molecule has 1 rings (SSSR count). The predicted octanol–water partition coefficient (Wildman–Crippen LogP) is 0.253. The van der Waals surface area contributed by atoms with Crippen LogP contribution in [0.5, 0.6) is 0 Å². The molecule has 1 aromatic carbocycles. The molecule has 0 aromatic heterocycles. The lowest BCUT2D eigenvalue weighted by atomic mass is 9.99. The zero-order valence-corrected chi connectivity index (χ0v) is 13.3. The molecule has 0 bridgehead atoms. The van der Waals surface area contributed by atoms with Crippen LogP contribution in [0.2, 0.25) is 0 Å². The van der Waals surface area contributed by atoms with E-state index in [-0.39, 0.29) is 18.8 Å². The highest BCUT2D eigenvalue weighted by molar-refractivity contribution is 7.89. The monoisotopic (exact) mass is 328 g/mol. The van der Waals surface area contributed by atoms with Crippen LogP contribution >= 0.6 is 0 Å². The third-order valence-corrected chi connectivity index (χ3v) is 5.02. The molecule has 2 N–H and O–H groups in total. The first kappa shape index (κ1) is 18.1. The van der Waals surface area contributed by atoms with Gasteiger partial charge in [0.1, 0.15) is 0 Å². The minimum absolute atomic E-state index is 0.0987. The second-order valence-corrected chi connectivity index (χ2v) is 7.13. The van der Waals surface area contributed by atoms with Gasteiger partial charge in [-0.15, -0.1) is 0 Å². The maximum atomic E-state index is 11.8. The number of rotatable bonds is 8. The van der Waals surface area contributed by atoms with E-state index in [4.69, 9.17) is 0 Å². The van der Waals surface area contributed by atoms with Crippen molar-refractivity contribution in [2.75, 3.05) is 25.9 Å². The van der Waals surface area contributed by atoms with Gasteiger partial charge in [0.25, 0.3) is 0 Å². The van der Waals surface area contributed by atoms with E-state index in [9.17, 15) is 23.1 Å². The Hall–Kier alpha value is -1.93. The average molecular weight is 328 g/mol. The number of amides is 1. The summed E-state index contributed by atoms with van der Waals surface area (Å²) in [7, 11) is -2.13. The number of carbonyl (C=O) groups excluding carboxylic acids is 1. The number of likely N-dealkylation sites (N-methyl/N-ethyl adjacent to an activating group) is 1. The fourth-order valence-electron chi connectivity index (χ4n) is 1.83. The molecule has 1 unspecified atom stereocenters. The largest absolute Gasteiger partial charge is 0.481 e. The van der Waals surface area contributed by atoms with Gasteiger partial charge >= 0.3 is 5.97 Å². The lowest BCUT2D eigenvalue weighted by Gasteiger charge is -2.17. The van der Waals surface area contributed by atoms with Gasteiger partial charge in [0.15, 0.2) is 0 Å². The molecule has 0 aliphatic carbocycles. The number of nitrogens with one attached hydrogen (secondary N) is 1.